The summed E-state index contributed by atoms with van der Waals surface area (Å²) in [6.45, 7) is 0. The summed E-state index contributed by atoms with van der Waals surface area (Å²) in [6.07, 6.45) is -3.17. The third kappa shape index (κ3) is 2.65. The fourth-order valence-electron chi connectivity index (χ4n) is 1.32. The molecule has 0 saturated heterocycles. The van der Waals surface area contributed by atoms with Gasteiger partial charge in [0.05, 0.1) is 13.5 Å². The Balaban J connectivity index is 3.20. The average molecular weight is 216 g/mol. The quantitative estimate of drug-likeness (QED) is 0.839. The van der Waals surface area contributed by atoms with Gasteiger partial charge in [-0.05, 0) is 6.07 Å². The van der Waals surface area contributed by atoms with Crippen LogP contribution in [0.5, 0.6) is 5.75 Å². The molecule has 0 amide bonds. The first-order valence-electron chi connectivity index (χ1n) is 4.22. The van der Waals surface area contributed by atoms with E-state index < -0.39 is 18.8 Å². The Kier molecular flexibility index (Phi) is 3.60. The predicted octanol–water partition coefficient (Wildman–Crippen LogP) is 2.26. The molecule has 3 nitrogen and oxygen atoms in total. The molecular weight excluding hydrogens is 206 g/mol. The second-order valence-corrected chi connectivity index (χ2v) is 2.90. The molecule has 0 aliphatic carbocycles. The fourth-order valence-corrected chi connectivity index (χ4v) is 1.32. The number of halogens is 2. The van der Waals surface area contributed by atoms with Gasteiger partial charge >= 0.3 is 5.97 Å². The van der Waals surface area contributed by atoms with Crippen molar-refractivity contribution in [3.05, 3.63) is 29.3 Å². The molecule has 0 fully saturated rings. The van der Waals surface area contributed by atoms with Crippen molar-refractivity contribution in [1.29, 1.82) is 0 Å². The van der Waals surface area contributed by atoms with Gasteiger partial charge in [0.15, 0.2) is 0 Å². The largest absolute Gasteiger partial charge is 0.496 e. The molecule has 1 aromatic carbocycles. The Hall–Kier alpha value is -1.65. The number of hydrogen-bond acceptors (Lipinski definition) is 2. The molecule has 5 heteroatoms. The van der Waals surface area contributed by atoms with Crippen molar-refractivity contribution >= 4 is 5.97 Å². The van der Waals surface area contributed by atoms with Gasteiger partial charge in [0.2, 0.25) is 0 Å². The molecule has 0 heterocycles. The maximum absolute atomic E-state index is 12.5. The summed E-state index contributed by atoms with van der Waals surface area (Å²) in [5.41, 5.74) is -0.265. The number of carboxylic acids is 1. The molecule has 0 aliphatic rings. The van der Waals surface area contributed by atoms with Crippen LogP contribution >= 0.6 is 0 Å². The Morgan fingerprint density at radius 2 is 2.20 bits per heavy atom. The Labute approximate surface area is 85.3 Å². The molecule has 0 saturated carbocycles. The topological polar surface area (TPSA) is 46.5 Å². The van der Waals surface area contributed by atoms with Crippen molar-refractivity contribution in [1.82, 2.24) is 0 Å². The molecular formula is C10H10F2O3. The van der Waals surface area contributed by atoms with Crippen molar-refractivity contribution < 1.29 is 23.4 Å². The normalized spacial score (nSPS) is 10.4. The molecule has 0 atom stereocenters. The van der Waals surface area contributed by atoms with E-state index in [0.717, 1.165) is 0 Å². The van der Waals surface area contributed by atoms with Crippen LogP contribution in [0.15, 0.2) is 18.2 Å². The van der Waals surface area contributed by atoms with Crippen LogP contribution in [0, 0.1) is 0 Å². The highest BCUT2D eigenvalue weighted by Gasteiger charge is 2.18. The standard InChI is InChI=1S/C10H10F2O3/c1-15-8-4-2-3-6(10(11)12)7(8)5-9(13)14/h2-4,10H,5H2,1H3,(H,13,14). The van der Waals surface area contributed by atoms with E-state index in [1.165, 1.54) is 25.3 Å². The van der Waals surface area contributed by atoms with E-state index in [0.29, 0.717) is 0 Å². The van der Waals surface area contributed by atoms with Crippen LogP contribution in [0.1, 0.15) is 17.6 Å². The Morgan fingerprint density at radius 3 is 2.67 bits per heavy atom. The maximum Gasteiger partial charge on any atom is 0.307 e. The van der Waals surface area contributed by atoms with Gasteiger partial charge in [-0.2, -0.15) is 0 Å². The summed E-state index contributed by atoms with van der Waals surface area (Å²) in [6, 6.07) is 4.07. The number of rotatable bonds is 4. The summed E-state index contributed by atoms with van der Waals surface area (Å²) in [4.78, 5) is 10.5. The zero-order chi connectivity index (χ0) is 11.4. The molecule has 82 valence electrons. The SMILES string of the molecule is COc1cccc(C(F)F)c1CC(=O)O. The van der Waals surface area contributed by atoms with Crippen molar-refractivity contribution in [3.8, 4) is 5.75 Å². The molecule has 0 aromatic heterocycles. The van der Waals surface area contributed by atoms with Crippen LogP contribution in [0.3, 0.4) is 0 Å². The number of ether oxygens (including phenoxy) is 1. The van der Waals surface area contributed by atoms with E-state index in [2.05, 4.69) is 0 Å². The van der Waals surface area contributed by atoms with Crippen molar-refractivity contribution in [2.24, 2.45) is 0 Å². The molecule has 0 unspecified atom stereocenters. The van der Waals surface area contributed by atoms with Gasteiger partial charge in [-0.3, -0.25) is 4.79 Å². The first kappa shape index (κ1) is 11.4. The maximum atomic E-state index is 12.5. The monoisotopic (exact) mass is 216 g/mol. The lowest BCUT2D eigenvalue weighted by molar-refractivity contribution is -0.136. The molecule has 0 spiro atoms. The minimum absolute atomic E-state index is 0.0301. The van der Waals surface area contributed by atoms with Crippen LogP contribution in [0.25, 0.3) is 0 Å². The number of hydrogen-bond donors (Lipinski definition) is 1. The Morgan fingerprint density at radius 1 is 1.53 bits per heavy atom. The van der Waals surface area contributed by atoms with E-state index in [-0.39, 0.29) is 16.9 Å². The molecule has 1 aromatic rings. The van der Waals surface area contributed by atoms with Gasteiger partial charge in [0.25, 0.3) is 6.43 Å². The van der Waals surface area contributed by atoms with Crippen molar-refractivity contribution in [3.63, 3.8) is 0 Å². The molecule has 1 N–H and O–H groups in total. The minimum atomic E-state index is -2.70. The average Bonchev–Trinajstić information content (AvgIpc) is 2.16. The van der Waals surface area contributed by atoms with Crippen LogP contribution in [-0.4, -0.2) is 18.2 Å². The van der Waals surface area contributed by atoms with Crippen molar-refractivity contribution in [2.75, 3.05) is 7.11 Å². The number of alkyl halides is 2. The van der Waals surface area contributed by atoms with E-state index in [9.17, 15) is 13.6 Å². The first-order chi connectivity index (χ1) is 7.06. The van der Waals surface area contributed by atoms with E-state index in [1.807, 2.05) is 0 Å². The lowest BCUT2D eigenvalue weighted by Gasteiger charge is -2.11. The summed E-state index contributed by atoms with van der Waals surface area (Å²) in [5.74, 6) is -0.989. The van der Waals surface area contributed by atoms with Gasteiger partial charge < -0.3 is 9.84 Å². The van der Waals surface area contributed by atoms with Crippen LogP contribution in [-0.2, 0) is 11.2 Å². The summed E-state index contributed by atoms with van der Waals surface area (Å²) in [7, 11) is 1.32. The van der Waals surface area contributed by atoms with E-state index in [1.54, 1.807) is 0 Å². The third-order valence-corrected chi connectivity index (χ3v) is 1.95. The molecule has 15 heavy (non-hydrogen) atoms. The zero-order valence-electron chi connectivity index (χ0n) is 8.04. The highest BCUT2D eigenvalue weighted by Crippen LogP contribution is 2.30. The predicted molar refractivity (Wildman–Crippen MR) is 49.3 cm³/mol. The molecule has 0 radical (unpaired) electrons. The van der Waals surface area contributed by atoms with E-state index in [4.69, 9.17) is 9.84 Å². The van der Waals surface area contributed by atoms with Crippen LogP contribution < -0.4 is 4.74 Å². The number of aliphatic carboxylic acids is 1. The Bertz CT molecular complexity index is 364. The first-order valence-corrected chi connectivity index (χ1v) is 4.22. The smallest absolute Gasteiger partial charge is 0.307 e. The highest BCUT2D eigenvalue weighted by molar-refractivity contribution is 5.72. The summed E-state index contributed by atoms with van der Waals surface area (Å²) in [5, 5.41) is 8.59. The van der Waals surface area contributed by atoms with Crippen molar-refractivity contribution in [2.45, 2.75) is 12.8 Å². The van der Waals surface area contributed by atoms with Gasteiger partial charge in [0, 0.05) is 11.1 Å². The summed E-state index contributed by atoms with van der Waals surface area (Å²) >= 11 is 0. The lowest BCUT2D eigenvalue weighted by Crippen LogP contribution is -2.06. The number of carboxylic acid groups (broad SMARTS) is 1. The fraction of sp³-hybridized carbons (Fsp3) is 0.300. The number of carbonyl (C=O) groups is 1. The second kappa shape index (κ2) is 4.72. The van der Waals surface area contributed by atoms with Crippen LogP contribution in [0.2, 0.25) is 0 Å². The third-order valence-electron chi connectivity index (χ3n) is 1.95. The molecule has 0 aliphatic heterocycles. The second-order valence-electron chi connectivity index (χ2n) is 2.90. The lowest BCUT2D eigenvalue weighted by atomic mass is 10.0. The molecule has 1 rings (SSSR count). The highest BCUT2D eigenvalue weighted by atomic mass is 19.3. The minimum Gasteiger partial charge on any atom is -0.496 e. The number of methoxy groups -OCH3 is 1. The van der Waals surface area contributed by atoms with Gasteiger partial charge in [-0.25, -0.2) is 8.78 Å². The summed E-state index contributed by atoms with van der Waals surface area (Å²) < 4.78 is 29.9. The zero-order valence-corrected chi connectivity index (χ0v) is 8.04. The van der Waals surface area contributed by atoms with E-state index >= 15 is 0 Å². The molecule has 0 bridgehead atoms. The van der Waals surface area contributed by atoms with Gasteiger partial charge in [0.1, 0.15) is 5.75 Å². The van der Waals surface area contributed by atoms with Gasteiger partial charge in [-0.1, -0.05) is 12.1 Å². The van der Waals surface area contributed by atoms with Gasteiger partial charge in [-0.15, -0.1) is 0 Å². The number of benzene rings is 1. The van der Waals surface area contributed by atoms with Crippen LogP contribution in [0.4, 0.5) is 8.78 Å².